The van der Waals surface area contributed by atoms with Crippen molar-refractivity contribution in [2.75, 3.05) is 4.90 Å². The summed E-state index contributed by atoms with van der Waals surface area (Å²) in [7, 11) is -3.92. The highest BCUT2D eigenvalue weighted by Crippen LogP contribution is 2.44. The molecule has 0 saturated heterocycles. The van der Waals surface area contributed by atoms with Gasteiger partial charge in [0.15, 0.2) is 0 Å². The second-order valence-electron chi connectivity index (χ2n) is 8.65. The van der Waals surface area contributed by atoms with E-state index < -0.39 is 10.0 Å². The van der Waals surface area contributed by atoms with Crippen molar-refractivity contribution in [3.05, 3.63) is 131 Å². The van der Waals surface area contributed by atoms with Gasteiger partial charge in [-0.15, -0.1) is 4.40 Å². The Morgan fingerprint density at radius 2 is 1.47 bits per heavy atom. The van der Waals surface area contributed by atoms with Gasteiger partial charge in [-0.3, -0.25) is 4.90 Å². The lowest BCUT2D eigenvalue weighted by molar-refractivity contribution is 0.597. The monoisotopic (exact) mass is 466 g/mol. The van der Waals surface area contributed by atoms with Crippen molar-refractivity contribution in [1.29, 1.82) is 0 Å². The van der Waals surface area contributed by atoms with Gasteiger partial charge in [0.25, 0.3) is 10.0 Å². The number of aryl methyl sites for hydroxylation is 2. The van der Waals surface area contributed by atoms with Crippen LogP contribution >= 0.6 is 0 Å². The second kappa shape index (κ2) is 8.92. The van der Waals surface area contributed by atoms with Crippen molar-refractivity contribution in [1.82, 2.24) is 0 Å². The van der Waals surface area contributed by atoms with Crippen molar-refractivity contribution < 1.29 is 8.42 Å². The maximum Gasteiger partial charge on any atom is 0.283 e. The number of nitrogens with zero attached hydrogens (tertiary/aromatic N) is 2. The first-order valence-electron chi connectivity index (χ1n) is 11.3. The molecule has 0 fully saturated rings. The lowest BCUT2D eigenvalue weighted by atomic mass is 9.90. The third-order valence-electron chi connectivity index (χ3n) is 6.20. The van der Waals surface area contributed by atoms with Crippen LogP contribution in [0.25, 0.3) is 0 Å². The normalized spacial score (nSPS) is 18.9. The van der Waals surface area contributed by atoms with Crippen LogP contribution in [0.3, 0.4) is 0 Å². The topological polar surface area (TPSA) is 49.7 Å². The Hall–Kier alpha value is -3.70. The molecule has 1 aliphatic heterocycles. The zero-order valence-corrected chi connectivity index (χ0v) is 20.0. The Morgan fingerprint density at radius 1 is 0.824 bits per heavy atom. The molecule has 3 aromatic carbocycles. The smallest absolute Gasteiger partial charge is 0.283 e. The number of allylic oxidation sites excluding steroid dienone is 4. The van der Waals surface area contributed by atoms with Crippen LogP contribution in [0.4, 0.5) is 5.69 Å². The summed E-state index contributed by atoms with van der Waals surface area (Å²) >= 11 is 0. The van der Waals surface area contributed by atoms with E-state index in [1.54, 1.807) is 24.3 Å². The first kappa shape index (κ1) is 22.1. The highest BCUT2D eigenvalue weighted by molar-refractivity contribution is 7.90. The number of rotatable bonds is 4. The van der Waals surface area contributed by atoms with Gasteiger partial charge in [0.1, 0.15) is 5.84 Å². The van der Waals surface area contributed by atoms with Gasteiger partial charge in [-0.1, -0.05) is 84.0 Å². The molecular weight excluding hydrogens is 440 g/mol. The van der Waals surface area contributed by atoms with Crippen molar-refractivity contribution in [2.24, 2.45) is 4.40 Å². The lowest BCUT2D eigenvalue weighted by Gasteiger charge is -2.24. The Kier molecular flexibility index (Phi) is 5.80. The fourth-order valence-corrected chi connectivity index (χ4v) is 5.48. The maximum absolute atomic E-state index is 13.5. The molecule has 5 heteroatoms. The van der Waals surface area contributed by atoms with Crippen LogP contribution in [0, 0.1) is 13.8 Å². The van der Waals surface area contributed by atoms with Gasteiger partial charge >= 0.3 is 0 Å². The van der Waals surface area contributed by atoms with Gasteiger partial charge in [0.2, 0.25) is 0 Å². The third kappa shape index (κ3) is 4.15. The van der Waals surface area contributed by atoms with Gasteiger partial charge < -0.3 is 0 Å². The first-order valence-corrected chi connectivity index (χ1v) is 12.8. The summed E-state index contributed by atoms with van der Waals surface area (Å²) in [4.78, 5) is 2.19. The summed E-state index contributed by atoms with van der Waals surface area (Å²) < 4.78 is 31.5. The number of amidine groups is 1. The van der Waals surface area contributed by atoms with Gasteiger partial charge in [0, 0.05) is 11.4 Å². The van der Waals surface area contributed by atoms with E-state index in [4.69, 9.17) is 0 Å². The molecule has 0 spiro atoms. The number of hydrogen-bond donors (Lipinski definition) is 0. The van der Waals surface area contributed by atoms with Crippen LogP contribution in [-0.2, 0) is 10.0 Å². The largest absolute Gasteiger partial charge is 0.297 e. The van der Waals surface area contributed by atoms with Gasteiger partial charge in [-0.2, -0.15) is 8.42 Å². The molecule has 1 atom stereocenters. The van der Waals surface area contributed by atoms with Gasteiger partial charge in [-0.25, -0.2) is 0 Å². The van der Waals surface area contributed by atoms with Crippen LogP contribution in [0.5, 0.6) is 0 Å². The summed E-state index contributed by atoms with van der Waals surface area (Å²) in [6, 6.07) is 25.0. The fourth-order valence-electron chi connectivity index (χ4n) is 4.46. The standard InChI is InChI=1S/C29H26N2O2S/c1-21-13-17-24(18-14-21)31-27-12-8-4-7-11-26(27)28(23-9-5-3-6-10-23)29(31)30-34(32,33)25-19-15-22(2)16-20-25/h3-10,12-20,28H,11H2,1-2H3/b30-29-. The van der Waals surface area contributed by atoms with Crippen molar-refractivity contribution in [3.8, 4) is 0 Å². The zero-order valence-electron chi connectivity index (χ0n) is 19.2. The molecule has 3 aromatic rings. The van der Waals surface area contributed by atoms with Crippen molar-refractivity contribution in [3.63, 3.8) is 0 Å². The molecule has 0 radical (unpaired) electrons. The Labute approximate surface area is 201 Å². The molecule has 0 amide bonds. The minimum atomic E-state index is -3.92. The molecule has 0 aromatic heterocycles. The molecule has 1 heterocycles. The van der Waals surface area contributed by atoms with E-state index in [1.165, 1.54) is 0 Å². The highest BCUT2D eigenvalue weighted by Gasteiger charge is 2.39. The molecular formula is C29H26N2O2S. The number of anilines is 1. The minimum Gasteiger partial charge on any atom is -0.297 e. The van der Waals surface area contributed by atoms with Crippen LogP contribution in [0.15, 0.2) is 124 Å². The molecule has 5 rings (SSSR count). The average Bonchev–Trinajstić information content (AvgIpc) is 2.96. The Balaban J connectivity index is 1.75. The third-order valence-corrected chi connectivity index (χ3v) is 7.50. The maximum atomic E-state index is 13.5. The second-order valence-corrected chi connectivity index (χ2v) is 10.3. The molecule has 170 valence electrons. The van der Waals surface area contributed by atoms with E-state index in [-0.39, 0.29) is 10.8 Å². The van der Waals surface area contributed by atoms with E-state index in [0.29, 0.717) is 12.3 Å². The molecule has 2 aliphatic rings. The SMILES string of the molecule is Cc1ccc(N2C3=C(CC=CC=C3)C(c3ccccc3)/C2=N/S(=O)(=O)c2ccc(C)cc2)cc1. The Morgan fingerprint density at radius 3 is 2.15 bits per heavy atom. The summed E-state index contributed by atoms with van der Waals surface area (Å²) in [6.07, 6.45) is 8.92. The summed E-state index contributed by atoms with van der Waals surface area (Å²) in [5.74, 6) is 0.228. The minimum absolute atomic E-state index is 0.193. The van der Waals surface area contributed by atoms with E-state index in [1.807, 2.05) is 85.5 Å². The number of hydrogen-bond acceptors (Lipinski definition) is 2. The summed E-state index contributed by atoms with van der Waals surface area (Å²) in [5.41, 5.74) is 6.16. The quantitative estimate of drug-likeness (QED) is 0.443. The van der Waals surface area contributed by atoms with Crippen LogP contribution < -0.4 is 4.90 Å². The van der Waals surface area contributed by atoms with E-state index >= 15 is 0 Å². The van der Waals surface area contributed by atoms with Crippen LogP contribution in [-0.4, -0.2) is 14.3 Å². The molecule has 0 saturated carbocycles. The van der Waals surface area contributed by atoms with E-state index in [9.17, 15) is 8.42 Å². The van der Waals surface area contributed by atoms with Crippen LogP contribution in [0.2, 0.25) is 0 Å². The predicted octanol–water partition coefficient (Wildman–Crippen LogP) is 6.46. The van der Waals surface area contributed by atoms with E-state index in [0.717, 1.165) is 33.6 Å². The lowest BCUT2D eigenvalue weighted by Crippen LogP contribution is -2.29. The zero-order chi connectivity index (χ0) is 23.7. The van der Waals surface area contributed by atoms with Crippen LogP contribution in [0.1, 0.15) is 29.0 Å². The molecule has 34 heavy (non-hydrogen) atoms. The predicted molar refractivity (Wildman–Crippen MR) is 139 cm³/mol. The average molecular weight is 467 g/mol. The van der Waals surface area contributed by atoms with E-state index in [2.05, 4.69) is 16.5 Å². The van der Waals surface area contributed by atoms with Crippen molar-refractivity contribution >= 4 is 21.5 Å². The molecule has 1 aliphatic carbocycles. The Bertz CT molecular complexity index is 1430. The van der Waals surface area contributed by atoms with Gasteiger partial charge in [0.05, 0.1) is 10.8 Å². The molecule has 0 bridgehead atoms. The summed E-state index contributed by atoms with van der Waals surface area (Å²) in [5, 5.41) is 0. The highest BCUT2D eigenvalue weighted by atomic mass is 32.2. The molecule has 0 N–H and O–H groups in total. The fraction of sp³-hybridized carbons (Fsp3) is 0.138. The first-order chi connectivity index (χ1) is 16.4. The number of sulfonamides is 1. The summed E-state index contributed by atoms with van der Waals surface area (Å²) in [6.45, 7) is 3.97. The number of benzene rings is 3. The molecule has 4 nitrogen and oxygen atoms in total. The van der Waals surface area contributed by atoms with Crippen molar-refractivity contribution in [2.45, 2.75) is 31.1 Å². The molecule has 1 unspecified atom stereocenters. The van der Waals surface area contributed by atoms with Gasteiger partial charge in [-0.05, 0) is 61.7 Å².